The van der Waals surface area contributed by atoms with E-state index in [-0.39, 0.29) is 29.2 Å². The van der Waals surface area contributed by atoms with Crippen molar-refractivity contribution in [1.29, 1.82) is 0 Å². The molecule has 1 amide bonds. The maximum absolute atomic E-state index is 14.2. The highest BCUT2D eigenvalue weighted by Crippen LogP contribution is 2.88. The highest BCUT2D eigenvalue weighted by molar-refractivity contribution is 5.76. The van der Waals surface area contributed by atoms with Gasteiger partial charge < -0.3 is 5.73 Å². The van der Waals surface area contributed by atoms with Crippen molar-refractivity contribution in [1.82, 2.24) is 15.1 Å². The summed E-state index contributed by atoms with van der Waals surface area (Å²) in [4.78, 5) is 13.5. The summed E-state index contributed by atoms with van der Waals surface area (Å²) in [5.74, 6) is 0.971. The normalized spacial score (nSPS) is 36.4. The number of primary amides is 1. The van der Waals surface area contributed by atoms with Crippen molar-refractivity contribution in [2.75, 3.05) is 13.6 Å². The summed E-state index contributed by atoms with van der Waals surface area (Å²) >= 11 is 0. The maximum Gasteiger partial charge on any atom is 0.231 e. The van der Waals surface area contributed by atoms with E-state index >= 15 is 0 Å². The van der Waals surface area contributed by atoms with Crippen LogP contribution in [0.5, 0.6) is 0 Å². The van der Waals surface area contributed by atoms with Gasteiger partial charge in [-0.3, -0.25) is 9.69 Å². The summed E-state index contributed by atoms with van der Waals surface area (Å²) in [6.45, 7) is 0.169. The molecule has 0 aliphatic heterocycles. The molecule has 4 unspecified atom stereocenters. The van der Waals surface area contributed by atoms with Gasteiger partial charge >= 0.3 is 0 Å². The van der Waals surface area contributed by atoms with Crippen LogP contribution in [-0.2, 0) is 10.3 Å². The first kappa shape index (κ1) is 15.6. The van der Waals surface area contributed by atoms with Gasteiger partial charge in [0.05, 0.1) is 29.0 Å². The van der Waals surface area contributed by atoms with Crippen LogP contribution in [0.2, 0.25) is 0 Å². The number of fused-ring (bicyclic) bond motifs is 5. The molecule has 5 nitrogen and oxygen atoms in total. The Hall–Kier alpha value is -2.41. The van der Waals surface area contributed by atoms with Crippen molar-refractivity contribution in [3.8, 4) is 11.3 Å². The van der Waals surface area contributed by atoms with Crippen molar-refractivity contribution in [3.05, 3.63) is 47.2 Å². The summed E-state index contributed by atoms with van der Waals surface area (Å²) in [6.07, 6.45) is 1.08. The zero-order valence-corrected chi connectivity index (χ0v) is 14.7. The molecular weight excluding hydrogens is 350 g/mol. The number of benzene rings is 1. The van der Waals surface area contributed by atoms with Gasteiger partial charge in [0.25, 0.3) is 0 Å². The predicted molar refractivity (Wildman–Crippen MR) is 92.2 cm³/mol. The van der Waals surface area contributed by atoms with Gasteiger partial charge in [0, 0.05) is 0 Å². The van der Waals surface area contributed by atoms with E-state index < -0.39 is 11.6 Å². The second kappa shape index (κ2) is 4.70. The van der Waals surface area contributed by atoms with Crippen molar-refractivity contribution in [2.45, 2.75) is 17.9 Å². The van der Waals surface area contributed by atoms with Crippen LogP contribution in [0.25, 0.3) is 11.3 Å². The number of halogens is 2. The van der Waals surface area contributed by atoms with Crippen LogP contribution in [0.1, 0.15) is 23.6 Å². The minimum Gasteiger partial charge on any atom is -0.369 e. The molecule has 3 saturated carbocycles. The first-order chi connectivity index (χ1) is 13.0. The molecular formula is C20H18F2N4O. The van der Waals surface area contributed by atoms with Crippen LogP contribution >= 0.6 is 0 Å². The molecule has 6 rings (SSSR count). The molecule has 1 heterocycles. The fraction of sp³-hybridized carbons (Fsp3) is 0.450. The van der Waals surface area contributed by atoms with Gasteiger partial charge in [0.2, 0.25) is 5.91 Å². The van der Waals surface area contributed by atoms with Gasteiger partial charge in [-0.1, -0.05) is 6.07 Å². The number of nitrogens with zero attached hydrogens (tertiary/aromatic N) is 3. The van der Waals surface area contributed by atoms with E-state index in [0.29, 0.717) is 29.6 Å². The summed E-state index contributed by atoms with van der Waals surface area (Å²) in [5, 5.41) is 8.68. The van der Waals surface area contributed by atoms with Crippen LogP contribution < -0.4 is 5.73 Å². The van der Waals surface area contributed by atoms with E-state index in [9.17, 15) is 13.6 Å². The van der Waals surface area contributed by atoms with E-state index in [2.05, 4.69) is 10.2 Å². The summed E-state index contributed by atoms with van der Waals surface area (Å²) < 4.78 is 28.4. The lowest BCUT2D eigenvalue weighted by atomic mass is 9.51. The number of aromatic nitrogens is 2. The zero-order valence-electron chi connectivity index (χ0n) is 14.7. The van der Waals surface area contributed by atoms with E-state index in [4.69, 9.17) is 5.73 Å². The Morgan fingerprint density at radius 2 is 2.04 bits per heavy atom. The standard InChI is InChI=1S/C20H18F2N4O/c1-26(7-14(23)27)20-17-10-5-8(15(10)18(17)20)9-6-13(24-25-19(9)20)16-11(21)3-2-4-12(16)22/h2-4,6,8,10,15,17-18H,5,7H2,1H3,(H2,23,27)/t8-,10?,15?,17?,18?,20+/m1/s1. The number of nitrogens with two attached hydrogens (primary N) is 1. The Kier molecular flexibility index (Phi) is 2.72. The number of hydrogen-bond acceptors (Lipinski definition) is 4. The number of rotatable bonds is 4. The van der Waals surface area contributed by atoms with Crippen molar-refractivity contribution >= 4 is 5.91 Å². The average Bonchev–Trinajstić information content (AvgIpc) is 3.23. The van der Waals surface area contributed by atoms with Crippen molar-refractivity contribution in [3.63, 3.8) is 0 Å². The van der Waals surface area contributed by atoms with Gasteiger partial charge in [-0.05, 0) is 66.8 Å². The Morgan fingerprint density at radius 1 is 1.30 bits per heavy atom. The molecule has 2 N–H and O–H groups in total. The monoisotopic (exact) mass is 368 g/mol. The number of carbonyl (C=O) groups excluding carboxylic acids is 1. The predicted octanol–water partition coefficient (Wildman–Crippen LogP) is 2.03. The Labute approximate surface area is 154 Å². The lowest BCUT2D eigenvalue weighted by Crippen LogP contribution is -2.48. The molecule has 7 heteroatoms. The lowest BCUT2D eigenvalue weighted by Gasteiger charge is -2.53. The average molecular weight is 368 g/mol. The number of hydrogen-bond donors (Lipinski definition) is 1. The van der Waals surface area contributed by atoms with Gasteiger partial charge in [0.15, 0.2) is 0 Å². The van der Waals surface area contributed by atoms with Crippen molar-refractivity contribution in [2.24, 2.45) is 29.4 Å². The third-order valence-electron chi connectivity index (χ3n) is 7.50. The Bertz CT molecular complexity index is 1000. The quantitative estimate of drug-likeness (QED) is 0.896. The van der Waals surface area contributed by atoms with Crippen LogP contribution in [0.4, 0.5) is 8.78 Å². The van der Waals surface area contributed by atoms with E-state index in [1.807, 2.05) is 18.0 Å². The molecule has 2 aromatic rings. The van der Waals surface area contributed by atoms with E-state index in [1.54, 1.807) is 0 Å². The number of amides is 1. The largest absolute Gasteiger partial charge is 0.369 e. The molecule has 1 aromatic carbocycles. The molecule has 3 fully saturated rings. The Balaban J connectivity index is 1.50. The maximum atomic E-state index is 14.2. The highest BCUT2D eigenvalue weighted by Gasteiger charge is 2.88. The fourth-order valence-corrected chi connectivity index (χ4v) is 6.59. The smallest absolute Gasteiger partial charge is 0.231 e. The third-order valence-corrected chi connectivity index (χ3v) is 7.50. The second-order valence-corrected chi connectivity index (χ2v) is 8.41. The second-order valence-electron chi connectivity index (χ2n) is 8.41. The molecule has 0 spiro atoms. The van der Waals surface area contributed by atoms with Crippen LogP contribution in [0.15, 0.2) is 24.3 Å². The van der Waals surface area contributed by atoms with Crippen LogP contribution in [-0.4, -0.2) is 34.6 Å². The number of likely N-dealkylation sites (N-methyl/N-ethyl adjacent to an activating group) is 1. The molecule has 4 aliphatic rings. The first-order valence-corrected chi connectivity index (χ1v) is 9.28. The molecule has 4 aliphatic carbocycles. The Morgan fingerprint density at radius 3 is 2.74 bits per heavy atom. The molecule has 6 atom stereocenters. The molecule has 27 heavy (non-hydrogen) atoms. The molecule has 138 valence electrons. The molecule has 0 saturated heterocycles. The summed E-state index contributed by atoms with van der Waals surface area (Å²) in [6, 6.07) is 5.62. The van der Waals surface area contributed by atoms with Gasteiger partial charge in [0.1, 0.15) is 11.6 Å². The SMILES string of the molecule is CN(CC(N)=O)[C@]12c3nnc(-c4c(F)cccc4F)cc3[C@H]3CC4C3C1C42. The van der Waals surface area contributed by atoms with Gasteiger partial charge in [-0.2, -0.15) is 5.10 Å². The minimum absolute atomic E-state index is 0.131. The lowest BCUT2D eigenvalue weighted by molar-refractivity contribution is -0.119. The highest BCUT2D eigenvalue weighted by atomic mass is 19.1. The van der Waals surface area contributed by atoms with Crippen molar-refractivity contribution < 1.29 is 13.6 Å². The fourth-order valence-electron chi connectivity index (χ4n) is 6.59. The van der Waals surface area contributed by atoms with Gasteiger partial charge in [-0.25, -0.2) is 8.78 Å². The van der Waals surface area contributed by atoms with Crippen LogP contribution in [0.3, 0.4) is 0 Å². The number of carbonyl (C=O) groups is 1. The van der Waals surface area contributed by atoms with Gasteiger partial charge in [-0.15, -0.1) is 5.10 Å². The molecule has 0 bridgehead atoms. The minimum atomic E-state index is -0.638. The molecule has 1 aromatic heterocycles. The topological polar surface area (TPSA) is 72.1 Å². The van der Waals surface area contributed by atoms with E-state index in [1.165, 1.54) is 18.2 Å². The molecule has 0 radical (unpaired) electrons. The summed E-state index contributed by atoms with van der Waals surface area (Å²) in [7, 11) is 1.92. The first-order valence-electron chi connectivity index (χ1n) is 9.28. The van der Waals surface area contributed by atoms with Crippen LogP contribution in [0, 0.1) is 35.3 Å². The third kappa shape index (κ3) is 1.61. The van der Waals surface area contributed by atoms with E-state index in [0.717, 1.165) is 17.7 Å². The summed E-state index contributed by atoms with van der Waals surface area (Å²) in [5.41, 5.74) is 7.17. The zero-order chi connectivity index (χ0) is 18.7.